The highest BCUT2D eigenvalue weighted by Crippen LogP contribution is 2.21. The van der Waals surface area contributed by atoms with Crippen molar-refractivity contribution >= 4 is 23.2 Å². The van der Waals surface area contributed by atoms with Crippen molar-refractivity contribution in [3.05, 3.63) is 59.7 Å². The zero-order valence-electron chi connectivity index (χ0n) is 13.5. The Morgan fingerprint density at radius 1 is 1.08 bits per heavy atom. The third-order valence-electron chi connectivity index (χ3n) is 4.19. The van der Waals surface area contributed by atoms with Crippen molar-refractivity contribution in [3.8, 4) is 0 Å². The summed E-state index contributed by atoms with van der Waals surface area (Å²) in [6, 6.07) is 14.8. The van der Waals surface area contributed by atoms with Gasteiger partial charge in [0.2, 0.25) is 5.91 Å². The Hall–Kier alpha value is -2.82. The zero-order chi connectivity index (χ0) is 16.9. The number of hydrogen-bond acceptors (Lipinski definition) is 3. The van der Waals surface area contributed by atoms with Gasteiger partial charge in [0.25, 0.3) is 5.91 Å². The molecular formula is C19H21N3O2. The maximum absolute atomic E-state index is 12.2. The number of nitrogen functional groups attached to an aromatic ring is 1. The molecule has 2 aromatic carbocycles. The third kappa shape index (κ3) is 3.74. The summed E-state index contributed by atoms with van der Waals surface area (Å²) >= 11 is 0. The van der Waals surface area contributed by atoms with Crippen LogP contribution in [0.5, 0.6) is 0 Å². The van der Waals surface area contributed by atoms with Crippen molar-refractivity contribution in [3.63, 3.8) is 0 Å². The van der Waals surface area contributed by atoms with Crippen LogP contribution in [0.25, 0.3) is 0 Å². The Bertz CT molecular complexity index is 723. The molecule has 2 aromatic rings. The van der Waals surface area contributed by atoms with Crippen LogP contribution in [0.15, 0.2) is 48.5 Å². The first kappa shape index (κ1) is 16.1. The van der Waals surface area contributed by atoms with Crippen molar-refractivity contribution in [2.45, 2.75) is 19.3 Å². The SMILES string of the molecule is Nc1ccc(CCNC(=O)c2ccc(N3CCCC3=O)cc2)cc1. The zero-order valence-corrected chi connectivity index (χ0v) is 13.5. The van der Waals surface area contributed by atoms with E-state index in [0.29, 0.717) is 18.5 Å². The molecule has 0 unspecified atom stereocenters. The fourth-order valence-electron chi connectivity index (χ4n) is 2.82. The van der Waals surface area contributed by atoms with Gasteiger partial charge in [0, 0.05) is 36.4 Å². The van der Waals surface area contributed by atoms with E-state index >= 15 is 0 Å². The number of rotatable bonds is 5. The van der Waals surface area contributed by atoms with Gasteiger partial charge < -0.3 is 16.0 Å². The number of benzene rings is 2. The van der Waals surface area contributed by atoms with Gasteiger partial charge in [-0.05, 0) is 54.8 Å². The highest BCUT2D eigenvalue weighted by atomic mass is 16.2. The molecule has 2 amide bonds. The fourth-order valence-corrected chi connectivity index (χ4v) is 2.82. The largest absolute Gasteiger partial charge is 0.399 e. The summed E-state index contributed by atoms with van der Waals surface area (Å²) in [5.74, 6) is 0.0421. The molecule has 0 atom stereocenters. The number of carbonyl (C=O) groups is 2. The summed E-state index contributed by atoms with van der Waals surface area (Å²) in [5, 5.41) is 2.91. The first-order chi connectivity index (χ1) is 11.6. The number of anilines is 2. The number of nitrogens with two attached hydrogens (primary N) is 1. The molecule has 3 rings (SSSR count). The topological polar surface area (TPSA) is 75.4 Å². The van der Waals surface area contributed by atoms with Crippen LogP contribution >= 0.6 is 0 Å². The van der Waals surface area contributed by atoms with Crippen LogP contribution in [0.4, 0.5) is 11.4 Å². The van der Waals surface area contributed by atoms with E-state index in [1.165, 1.54) is 0 Å². The predicted octanol–water partition coefficient (Wildman–Crippen LogP) is 2.37. The minimum absolute atomic E-state index is 0.107. The van der Waals surface area contributed by atoms with E-state index < -0.39 is 0 Å². The normalized spacial score (nSPS) is 14.0. The first-order valence-corrected chi connectivity index (χ1v) is 8.16. The molecule has 1 fully saturated rings. The highest BCUT2D eigenvalue weighted by Gasteiger charge is 2.21. The number of nitrogens with zero attached hydrogens (tertiary/aromatic N) is 1. The van der Waals surface area contributed by atoms with E-state index in [1.54, 1.807) is 17.0 Å². The van der Waals surface area contributed by atoms with Gasteiger partial charge >= 0.3 is 0 Å². The van der Waals surface area contributed by atoms with Crippen molar-refractivity contribution in [1.29, 1.82) is 0 Å². The number of nitrogens with one attached hydrogen (secondary N) is 1. The summed E-state index contributed by atoms with van der Waals surface area (Å²) in [6.45, 7) is 1.32. The highest BCUT2D eigenvalue weighted by molar-refractivity contribution is 5.97. The molecule has 24 heavy (non-hydrogen) atoms. The summed E-state index contributed by atoms with van der Waals surface area (Å²) in [4.78, 5) is 25.7. The predicted molar refractivity (Wildman–Crippen MR) is 94.9 cm³/mol. The Kier molecular flexibility index (Phi) is 4.79. The molecule has 1 saturated heterocycles. The Labute approximate surface area is 141 Å². The number of hydrogen-bond donors (Lipinski definition) is 2. The second kappa shape index (κ2) is 7.17. The van der Waals surface area contributed by atoms with Crippen LogP contribution in [-0.4, -0.2) is 24.9 Å². The van der Waals surface area contributed by atoms with Crippen molar-refractivity contribution in [1.82, 2.24) is 5.32 Å². The lowest BCUT2D eigenvalue weighted by atomic mass is 10.1. The van der Waals surface area contributed by atoms with Gasteiger partial charge in [-0.1, -0.05) is 12.1 Å². The second-order valence-corrected chi connectivity index (χ2v) is 5.94. The standard InChI is InChI=1S/C19H21N3O2/c20-16-7-3-14(4-8-16)11-12-21-19(24)15-5-9-17(10-6-15)22-13-1-2-18(22)23/h3-10H,1-2,11-13,20H2,(H,21,24). The number of carbonyl (C=O) groups excluding carboxylic acids is 2. The van der Waals surface area contributed by atoms with Crippen LogP contribution in [0.1, 0.15) is 28.8 Å². The van der Waals surface area contributed by atoms with Crippen LogP contribution in [0.2, 0.25) is 0 Å². The summed E-state index contributed by atoms with van der Waals surface area (Å²) in [6.07, 6.45) is 2.26. The van der Waals surface area contributed by atoms with E-state index in [-0.39, 0.29) is 11.8 Å². The molecule has 0 aromatic heterocycles. The maximum atomic E-state index is 12.2. The molecule has 5 heteroatoms. The summed E-state index contributed by atoms with van der Waals surface area (Å²) in [7, 11) is 0. The van der Waals surface area contributed by atoms with E-state index in [0.717, 1.165) is 36.3 Å². The average molecular weight is 323 g/mol. The molecule has 0 aliphatic carbocycles. The molecule has 0 radical (unpaired) electrons. The minimum Gasteiger partial charge on any atom is -0.399 e. The third-order valence-corrected chi connectivity index (χ3v) is 4.19. The Balaban J connectivity index is 1.53. The molecular weight excluding hydrogens is 302 g/mol. The molecule has 1 aliphatic heterocycles. The van der Waals surface area contributed by atoms with Crippen LogP contribution < -0.4 is 16.0 Å². The summed E-state index contributed by atoms with van der Waals surface area (Å²) in [5.41, 5.74) is 8.98. The molecule has 0 saturated carbocycles. The summed E-state index contributed by atoms with van der Waals surface area (Å²) < 4.78 is 0. The molecule has 1 aliphatic rings. The molecule has 5 nitrogen and oxygen atoms in total. The van der Waals surface area contributed by atoms with Gasteiger partial charge in [-0.25, -0.2) is 0 Å². The van der Waals surface area contributed by atoms with E-state index in [4.69, 9.17) is 5.73 Å². The number of amides is 2. The van der Waals surface area contributed by atoms with Crippen LogP contribution in [0.3, 0.4) is 0 Å². The maximum Gasteiger partial charge on any atom is 0.251 e. The average Bonchev–Trinajstić information content (AvgIpc) is 3.03. The van der Waals surface area contributed by atoms with Gasteiger partial charge in [-0.3, -0.25) is 9.59 Å². The van der Waals surface area contributed by atoms with Gasteiger partial charge in [-0.2, -0.15) is 0 Å². The Morgan fingerprint density at radius 3 is 2.42 bits per heavy atom. The van der Waals surface area contributed by atoms with E-state index in [1.807, 2.05) is 36.4 Å². The van der Waals surface area contributed by atoms with Gasteiger partial charge in [-0.15, -0.1) is 0 Å². The molecule has 124 valence electrons. The van der Waals surface area contributed by atoms with Crippen molar-refractivity contribution in [2.75, 3.05) is 23.7 Å². The lowest BCUT2D eigenvalue weighted by Gasteiger charge is -2.15. The molecule has 3 N–H and O–H groups in total. The van der Waals surface area contributed by atoms with Crippen molar-refractivity contribution < 1.29 is 9.59 Å². The van der Waals surface area contributed by atoms with Gasteiger partial charge in [0.1, 0.15) is 0 Å². The lowest BCUT2D eigenvalue weighted by Crippen LogP contribution is -2.26. The van der Waals surface area contributed by atoms with E-state index in [2.05, 4.69) is 5.32 Å². The quantitative estimate of drug-likeness (QED) is 0.830. The lowest BCUT2D eigenvalue weighted by molar-refractivity contribution is -0.117. The molecule has 1 heterocycles. The van der Waals surface area contributed by atoms with Gasteiger partial charge in [0.05, 0.1) is 0 Å². The minimum atomic E-state index is -0.107. The smallest absolute Gasteiger partial charge is 0.251 e. The van der Waals surface area contributed by atoms with Crippen LogP contribution in [-0.2, 0) is 11.2 Å². The first-order valence-electron chi connectivity index (χ1n) is 8.16. The van der Waals surface area contributed by atoms with Crippen LogP contribution in [0, 0.1) is 0 Å². The second-order valence-electron chi connectivity index (χ2n) is 5.94. The van der Waals surface area contributed by atoms with Gasteiger partial charge in [0.15, 0.2) is 0 Å². The molecule has 0 bridgehead atoms. The molecule has 0 spiro atoms. The van der Waals surface area contributed by atoms with E-state index in [9.17, 15) is 9.59 Å². The Morgan fingerprint density at radius 2 is 1.79 bits per heavy atom. The monoisotopic (exact) mass is 323 g/mol. The van der Waals surface area contributed by atoms with Crippen molar-refractivity contribution in [2.24, 2.45) is 0 Å². The fraction of sp³-hybridized carbons (Fsp3) is 0.263.